The zero-order chi connectivity index (χ0) is 19.0. The lowest BCUT2D eigenvalue weighted by atomic mass is 10.2. The average Bonchev–Trinajstić information content (AvgIpc) is 2.78. The molecule has 0 bridgehead atoms. The molecule has 0 saturated heterocycles. The van der Waals surface area contributed by atoms with Crippen LogP contribution in [0.5, 0.6) is 5.06 Å². The summed E-state index contributed by atoms with van der Waals surface area (Å²) in [5.74, 6) is 0. The van der Waals surface area contributed by atoms with Gasteiger partial charge >= 0.3 is 4.87 Å². The van der Waals surface area contributed by atoms with Gasteiger partial charge in [-0.25, -0.2) is 9.67 Å². The molecule has 2 N–H and O–H groups in total. The Kier molecular flexibility index (Phi) is 4.47. The maximum atomic E-state index is 12.8. The molecule has 0 aliphatic rings. The van der Waals surface area contributed by atoms with Crippen LogP contribution in [-0.2, 0) is 7.05 Å². The Labute approximate surface area is 151 Å². The van der Waals surface area contributed by atoms with E-state index in [2.05, 4.69) is 9.98 Å². The molecule has 134 valence electrons. The molecule has 0 atom stereocenters. The fourth-order valence-electron chi connectivity index (χ4n) is 2.64. The molecule has 26 heavy (non-hydrogen) atoms. The lowest BCUT2D eigenvalue weighted by molar-refractivity contribution is 0.487. The average molecular weight is 372 g/mol. The third kappa shape index (κ3) is 2.93. The minimum atomic E-state index is -0.746. The number of H-pyrrole nitrogens is 1. The van der Waals surface area contributed by atoms with Gasteiger partial charge < -0.3 is 5.11 Å². The van der Waals surface area contributed by atoms with Crippen molar-refractivity contribution in [3.63, 3.8) is 0 Å². The molecular formula is C17H16N4O4S. The predicted molar refractivity (Wildman–Crippen MR) is 100 cm³/mol. The third-order valence-electron chi connectivity index (χ3n) is 4.01. The molecular weight excluding hydrogens is 356 g/mol. The highest BCUT2D eigenvalue weighted by Gasteiger charge is 2.18. The summed E-state index contributed by atoms with van der Waals surface area (Å²) in [5.41, 5.74) is 0.359. The van der Waals surface area contributed by atoms with Crippen LogP contribution in [0.15, 0.2) is 49.7 Å². The Morgan fingerprint density at radius 2 is 1.85 bits per heavy atom. The van der Waals surface area contributed by atoms with Crippen LogP contribution in [0, 0.1) is 6.92 Å². The molecule has 0 amide bonds. The number of aromatic hydroxyl groups is 1. The summed E-state index contributed by atoms with van der Waals surface area (Å²) in [4.78, 5) is 41.8. The van der Waals surface area contributed by atoms with E-state index in [0.717, 1.165) is 0 Å². The third-order valence-corrected chi connectivity index (χ3v) is 4.70. The number of aromatic amines is 1. The second-order valence-corrected chi connectivity index (χ2v) is 6.59. The molecule has 0 saturated carbocycles. The summed E-state index contributed by atoms with van der Waals surface area (Å²) >= 11 is 0.501. The lowest BCUT2D eigenvalue weighted by Crippen LogP contribution is -2.22. The molecule has 3 aromatic rings. The normalized spacial score (nSPS) is 11.7. The fraction of sp³-hybridized carbons (Fsp3) is 0.176. The van der Waals surface area contributed by atoms with Gasteiger partial charge in [-0.3, -0.25) is 24.0 Å². The van der Waals surface area contributed by atoms with Gasteiger partial charge in [0.05, 0.1) is 17.1 Å². The summed E-state index contributed by atoms with van der Waals surface area (Å²) < 4.78 is 3.13. The van der Waals surface area contributed by atoms with Crippen molar-refractivity contribution in [2.45, 2.75) is 13.8 Å². The molecule has 0 radical (unpaired) electrons. The number of nitrogens with zero attached hydrogens (tertiary/aromatic N) is 3. The Morgan fingerprint density at radius 3 is 2.46 bits per heavy atom. The van der Waals surface area contributed by atoms with E-state index in [1.54, 1.807) is 30.8 Å². The van der Waals surface area contributed by atoms with Gasteiger partial charge in [0.2, 0.25) is 0 Å². The Morgan fingerprint density at radius 1 is 1.19 bits per heavy atom. The van der Waals surface area contributed by atoms with Crippen molar-refractivity contribution in [2.75, 3.05) is 0 Å². The van der Waals surface area contributed by atoms with Gasteiger partial charge in [-0.2, -0.15) is 0 Å². The van der Waals surface area contributed by atoms with Crippen molar-refractivity contribution < 1.29 is 5.11 Å². The van der Waals surface area contributed by atoms with Crippen molar-refractivity contribution >= 4 is 22.7 Å². The fourth-order valence-corrected chi connectivity index (χ4v) is 3.30. The summed E-state index contributed by atoms with van der Waals surface area (Å²) in [7, 11) is 1.73. The van der Waals surface area contributed by atoms with Gasteiger partial charge in [0.15, 0.2) is 10.8 Å². The second kappa shape index (κ2) is 6.60. The SMILES string of the molecule is CC(=Nc1c(C)n(C)n(-c2ccccc2)c1=O)c1c(O)sc(=O)[nH]c1=O. The molecule has 8 nitrogen and oxygen atoms in total. The number of nitrogens with one attached hydrogen (secondary N) is 1. The van der Waals surface area contributed by atoms with E-state index in [-0.39, 0.29) is 22.5 Å². The van der Waals surface area contributed by atoms with E-state index in [1.807, 2.05) is 18.2 Å². The molecule has 9 heteroatoms. The van der Waals surface area contributed by atoms with Crippen LogP contribution in [0.25, 0.3) is 5.69 Å². The molecule has 2 aromatic heterocycles. The molecule has 0 fully saturated rings. The van der Waals surface area contributed by atoms with Crippen LogP contribution in [0.2, 0.25) is 0 Å². The Bertz CT molecular complexity index is 1180. The summed E-state index contributed by atoms with van der Waals surface area (Å²) in [6, 6.07) is 9.09. The Hall–Kier alpha value is -3.20. The van der Waals surface area contributed by atoms with Gasteiger partial charge in [0.1, 0.15) is 5.56 Å². The van der Waals surface area contributed by atoms with Gasteiger partial charge in [-0.15, -0.1) is 0 Å². The van der Waals surface area contributed by atoms with Crippen molar-refractivity contribution in [3.05, 3.63) is 72.0 Å². The molecule has 1 aromatic carbocycles. The zero-order valence-electron chi connectivity index (χ0n) is 14.3. The molecule has 0 aliphatic heterocycles. The van der Waals surface area contributed by atoms with Crippen molar-refractivity contribution in [2.24, 2.45) is 12.0 Å². The van der Waals surface area contributed by atoms with E-state index in [4.69, 9.17) is 0 Å². The van der Waals surface area contributed by atoms with E-state index in [1.165, 1.54) is 11.6 Å². The highest BCUT2D eigenvalue weighted by Crippen LogP contribution is 2.20. The standard InChI is InChI=1S/C17H16N4O4S/c1-9(12-14(22)19-17(25)26-16(12)24)18-13-10(2)20(3)21(15(13)23)11-7-5-4-6-8-11/h4-8,24H,1-3H3,(H,19,22,25). The van der Waals surface area contributed by atoms with E-state index in [9.17, 15) is 19.5 Å². The van der Waals surface area contributed by atoms with Crippen LogP contribution < -0.4 is 16.0 Å². The number of benzene rings is 1. The lowest BCUT2D eigenvalue weighted by Gasteiger charge is -2.07. The quantitative estimate of drug-likeness (QED) is 0.678. The van der Waals surface area contributed by atoms with Gasteiger partial charge in [0, 0.05) is 7.05 Å². The van der Waals surface area contributed by atoms with Crippen molar-refractivity contribution in [1.82, 2.24) is 14.3 Å². The van der Waals surface area contributed by atoms with Crippen molar-refractivity contribution in [1.29, 1.82) is 0 Å². The zero-order valence-corrected chi connectivity index (χ0v) is 15.1. The van der Waals surface area contributed by atoms with Gasteiger partial charge in [0.25, 0.3) is 11.1 Å². The maximum Gasteiger partial charge on any atom is 0.310 e. The van der Waals surface area contributed by atoms with Crippen LogP contribution in [0.4, 0.5) is 5.69 Å². The first kappa shape index (κ1) is 17.6. The topological polar surface area (TPSA) is 109 Å². The predicted octanol–water partition coefficient (Wildman–Crippen LogP) is 1.44. The summed E-state index contributed by atoms with van der Waals surface area (Å²) in [5, 5.41) is 9.49. The maximum absolute atomic E-state index is 12.8. The van der Waals surface area contributed by atoms with Crippen LogP contribution in [0.3, 0.4) is 0 Å². The van der Waals surface area contributed by atoms with E-state index in [0.29, 0.717) is 22.7 Å². The van der Waals surface area contributed by atoms with Crippen LogP contribution in [0.1, 0.15) is 18.2 Å². The van der Waals surface area contributed by atoms with Crippen LogP contribution in [-0.4, -0.2) is 25.2 Å². The summed E-state index contributed by atoms with van der Waals surface area (Å²) in [6.07, 6.45) is 0. The molecule has 0 aliphatic carbocycles. The first-order valence-electron chi connectivity index (χ1n) is 7.67. The number of aromatic nitrogens is 3. The molecule has 2 heterocycles. The highest BCUT2D eigenvalue weighted by atomic mass is 32.1. The van der Waals surface area contributed by atoms with E-state index < -0.39 is 15.5 Å². The monoisotopic (exact) mass is 372 g/mol. The van der Waals surface area contributed by atoms with Crippen LogP contribution >= 0.6 is 11.3 Å². The largest absolute Gasteiger partial charge is 0.499 e. The minimum Gasteiger partial charge on any atom is -0.499 e. The number of rotatable bonds is 3. The van der Waals surface area contributed by atoms with Gasteiger partial charge in [-0.05, 0) is 37.3 Å². The molecule has 0 spiro atoms. The number of para-hydroxylation sites is 1. The first-order valence-corrected chi connectivity index (χ1v) is 8.49. The van der Waals surface area contributed by atoms with E-state index >= 15 is 0 Å². The number of hydrogen-bond donors (Lipinski definition) is 2. The second-order valence-electron chi connectivity index (χ2n) is 5.63. The van der Waals surface area contributed by atoms with Crippen molar-refractivity contribution in [3.8, 4) is 10.8 Å². The minimum absolute atomic E-state index is 0.122. The molecule has 3 rings (SSSR count). The summed E-state index contributed by atoms with van der Waals surface area (Å²) in [6.45, 7) is 3.24. The van der Waals surface area contributed by atoms with Gasteiger partial charge in [-0.1, -0.05) is 18.2 Å². The first-order chi connectivity index (χ1) is 12.3. The number of hydrogen-bond acceptors (Lipinski definition) is 6. The smallest absolute Gasteiger partial charge is 0.310 e. The Balaban J connectivity index is 2.21. The number of aliphatic imine (C=N–C) groups is 1. The highest BCUT2D eigenvalue weighted by molar-refractivity contribution is 7.11. The molecule has 0 unspecified atom stereocenters.